The highest BCUT2D eigenvalue weighted by Crippen LogP contribution is 2.16. The van der Waals surface area contributed by atoms with Crippen LogP contribution in [0.1, 0.15) is 5.56 Å². The molecule has 0 bridgehead atoms. The van der Waals surface area contributed by atoms with Gasteiger partial charge in [-0.1, -0.05) is 30.3 Å². The zero-order valence-corrected chi connectivity index (χ0v) is 8.27. The molecule has 1 radical (unpaired) electrons. The lowest BCUT2D eigenvalue weighted by Crippen LogP contribution is -1.91. The molecule has 2 heteroatoms. The molecular formula is C13H12NO. The molecule has 0 aliphatic heterocycles. The van der Waals surface area contributed by atoms with Gasteiger partial charge in [-0.15, -0.1) is 0 Å². The number of benzene rings is 2. The van der Waals surface area contributed by atoms with E-state index < -0.39 is 0 Å². The largest absolute Gasteiger partial charge is 0.392 e. The maximum atomic E-state index is 8.99. The first kappa shape index (κ1) is 9.74. The molecule has 0 atom stereocenters. The van der Waals surface area contributed by atoms with Crippen molar-refractivity contribution >= 4 is 11.4 Å². The summed E-state index contributed by atoms with van der Waals surface area (Å²) in [6.07, 6.45) is 0. The summed E-state index contributed by atoms with van der Waals surface area (Å²) in [4.78, 5) is 0. The van der Waals surface area contributed by atoms with Gasteiger partial charge in [-0.2, -0.15) is 0 Å². The summed E-state index contributed by atoms with van der Waals surface area (Å²) in [5, 5.41) is 12.2. The van der Waals surface area contributed by atoms with E-state index >= 15 is 0 Å². The Morgan fingerprint density at radius 2 is 2.07 bits per heavy atom. The van der Waals surface area contributed by atoms with Crippen molar-refractivity contribution in [3.8, 4) is 0 Å². The van der Waals surface area contributed by atoms with Crippen LogP contribution in [0.2, 0.25) is 0 Å². The fourth-order valence-electron chi connectivity index (χ4n) is 1.37. The highest BCUT2D eigenvalue weighted by molar-refractivity contribution is 5.59. The predicted octanol–water partition coefficient (Wildman–Crippen LogP) is 2.72. The van der Waals surface area contributed by atoms with Crippen molar-refractivity contribution in [3.05, 3.63) is 60.2 Å². The van der Waals surface area contributed by atoms with Crippen molar-refractivity contribution in [3.63, 3.8) is 0 Å². The molecule has 0 heterocycles. The number of rotatable bonds is 3. The van der Waals surface area contributed by atoms with Crippen LogP contribution in [0.15, 0.2) is 48.5 Å². The van der Waals surface area contributed by atoms with Gasteiger partial charge in [-0.05, 0) is 23.8 Å². The average molecular weight is 198 g/mol. The van der Waals surface area contributed by atoms with Gasteiger partial charge in [0.05, 0.1) is 6.61 Å². The number of hydrogen-bond donors (Lipinski definition) is 2. The van der Waals surface area contributed by atoms with Gasteiger partial charge in [0, 0.05) is 17.4 Å². The van der Waals surface area contributed by atoms with Gasteiger partial charge in [0.2, 0.25) is 0 Å². The summed E-state index contributed by atoms with van der Waals surface area (Å²) in [6.45, 7) is 0.0635. The van der Waals surface area contributed by atoms with Crippen molar-refractivity contribution in [1.82, 2.24) is 0 Å². The van der Waals surface area contributed by atoms with Gasteiger partial charge in [-0.25, -0.2) is 0 Å². The Kier molecular flexibility index (Phi) is 3.00. The lowest BCUT2D eigenvalue weighted by atomic mass is 10.2. The number of aliphatic hydroxyl groups excluding tert-OH is 1. The molecule has 0 amide bonds. The highest BCUT2D eigenvalue weighted by Gasteiger charge is 1.95. The molecule has 0 aliphatic rings. The third kappa shape index (κ3) is 2.58. The Bertz CT molecular complexity index is 426. The van der Waals surface area contributed by atoms with E-state index in [1.165, 1.54) is 0 Å². The number of para-hydroxylation sites is 1. The maximum absolute atomic E-state index is 8.99. The average Bonchev–Trinajstić information content (AvgIpc) is 2.31. The lowest BCUT2D eigenvalue weighted by molar-refractivity contribution is 0.282. The summed E-state index contributed by atoms with van der Waals surface area (Å²) >= 11 is 0. The highest BCUT2D eigenvalue weighted by atomic mass is 16.3. The molecule has 2 rings (SSSR count). The molecule has 2 aromatic carbocycles. The van der Waals surface area contributed by atoms with Crippen LogP contribution >= 0.6 is 0 Å². The van der Waals surface area contributed by atoms with E-state index in [-0.39, 0.29) is 6.61 Å². The van der Waals surface area contributed by atoms with Gasteiger partial charge < -0.3 is 10.4 Å². The third-order valence-corrected chi connectivity index (χ3v) is 2.10. The maximum Gasteiger partial charge on any atom is 0.0682 e. The van der Waals surface area contributed by atoms with Gasteiger partial charge in [0.25, 0.3) is 0 Å². The zero-order valence-electron chi connectivity index (χ0n) is 8.27. The minimum atomic E-state index is 0.0635. The van der Waals surface area contributed by atoms with E-state index in [0.717, 1.165) is 16.9 Å². The Labute approximate surface area is 89.2 Å². The van der Waals surface area contributed by atoms with Crippen LogP contribution in [0.4, 0.5) is 11.4 Å². The fraction of sp³-hybridized carbons (Fsp3) is 0.0769. The first-order valence-corrected chi connectivity index (χ1v) is 4.82. The first-order chi connectivity index (χ1) is 7.38. The van der Waals surface area contributed by atoms with Crippen molar-refractivity contribution < 1.29 is 5.11 Å². The molecule has 0 saturated heterocycles. The van der Waals surface area contributed by atoms with Crippen LogP contribution in [-0.4, -0.2) is 5.11 Å². The van der Waals surface area contributed by atoms with E-state index in [9.17, 15) is 0 Å². The second kappa shape index (κ2) is 4.62. The van der Waals surface area contributed by atoms with E-state index in [1.807, 2.05) is 48.5 Å². The van der Waals surface area contributed by atoms with Crippen LogP contribution in [0.3, 0.4) is 0 Å². The molecule has 0 unspecified atom stereocenters. The minimum Gasteiger partial charge on any atom is -0.392 e. The molecule has 0 spiro atoms. The van der Waals surface area contributed by atoms with Crippen LogP contribution in [0.25, 0.3) is 0 Å². The van der Waals surface area contributed by atoms with E-state index in [4.69, 9.17) is 5.11 Å². The van der Waals surface area contributed by atoms with Gasteiger partial charge in [-0.3, -0.25) is 0 Å². The summed E-state index contributed by atoms with van der Waals surface area (Å²) in [5.74, 6) is 0. The molecular weight excluding hydrogens is 186 g/mol. The molecule has 2 N–H and O–H groups in total. The lowest BCUT2D eigenvalue weighted by Gasteiger charge is -2.06. The van der Waals surface area contributed by atoms with E-state index in [0.29, 0.717) is 0 Å². The fourth-order valence-corrected chi connectivity index (χ4v) is 1.37. The normalized spacial score (nSPS) is 9.93. The Hall–Kier alpha value is -1.80. The molecule has 75 valence electrons. The number of nitrogens with one attached hydrogen (secondary N) is 1. The van der Waals surface area contributed by atoms with Gasteiger partial charge >= 0.3 is 0 Å². The second-order valence-electron chi connectivity index (χ2n) is 3.26. The molecule has 2 nitrogen and oxygen atoms in total. The quantitative estimate of drug-likeness (QED) is 0.794. The Morgan fingerprint density at radius 3 is 2.80 bits per heavy atom. The predicted molar refractivity (Wildman–Crippen MR) is 60.9 cm³/mol. The topological polar surface area (TPSA) is 32.3 Å². The van der Waals surface area contributed by atoms with Crippen LogP contribution < -0.4 is 5.32 Å². The van der Waals surface area contributed by atoms with Crippen molar-refractivity contribution in [1.29, 1.82) is 0 Å². The van der Waals surface area contributed by atoms with E-state index in [1.54, 1.807) is 0 Å². The Balaban J connectivity index is 2.17. The third-order valence-electron chi connectivity index (χ3n) is 2.10. The molecule has 0 saturated carbocycles. The van der Waals surface area contributed by atoms with Crippen molar-refractivity contribution in [2.45, 2.75) is 6.61 Å². The molecule has 2 aromatic rings. The van der Waals surface area contributed by atoms with Crippen molar-refractivity contribution in [2.24, 2.45) is 0 Å². The molecule has 15 heavy (non-hydrogen) atoms. The number of aliphatic hydroxyl groups is 1. The van der Waals surface area contributed by atoms with Gasteiger partial charge in [0.1, 0.15) is 0 Å². The van der Waals surface area contributed by atoms with Crippen LogP contribution in [0, 0.1) is 6.07 Å². The second-order valence-corrected chi connectivity index (χ2v) is 3.26. The number of hydrogen-bond acceptors (Lipinski definition) is 2. The Morgan fingerprint density at radius 1 is 1.13 bits per heavy atom. The van der Waals surface area contributed by atoms with E-state index in [2.05, 4.69) is 11.4 Å². The summed E-state index contributed by atoms with van der Waals surface area (Å²) in [6, 6.07) is 18.4. The minimum absolute atomic E-state index is 0.0635. The molecule has 0 aromatic heterocycles. The standard InChI is InChI=1S/C13H12NO/c15-10-11-5-4-8-13(9-11)14-12-6-2-1-3-7-12/h1-6,8-9,14-15H,10H2. The van der Waals surface area contributed by atoms with Gasteiger partial charge in [0.15, 0.2) is 0 Å². The smallest absolute Gasteiger partial charge is 0.0682 e. The summed E-state index contributed by atoms with van der Waals surface area (Å²) in [7, 11) is 0. The van der Waals surface area contributed by atoms with Crippen LogP contribution in [-0.2, 0) is 6.61 Å². The first-order valence-electron chi connectivity index (χ1n) is 4.82. The zero-order chi connectivity index (χ0) is 10.5. The SMILES string of the molecule is OCc1cccc(Nc2[c]cccc2)c1. The number of anilines is 2. The molecule has 0 fully saturated rings. The van der Waals surface area contributed by atoms with Crippen LogP contribution in [0.5, 0.6) is 0 Å². The van der Waals surface area contributed by atoms with Crippen molar-refractivity contribution in [2.75, 3.05) is 5.32 Å². The summed E-state index contributed by atoms with van der Waals surface area (Å²) < 4.78 is 0. The molecule has 0 aliphatic carbocycles. The monoisotopic (exact) mass is 198 g/mol. The summed E-state index contributed by atoms with van der Waals surface area (Å²) in [5.41, 5.74) is 2.78.